The van der Waals surface area contributed by atoms with E-state index in [2.05, 4.69) is 5.32 Å². The molecule has 0 heterocycles. The fourth-order valence-corrected chi connectivity index (χ4v) is 2.05. The van der Waals surface area contributed by atoms with Gasteiger partial charge in [-0.2, -0.15) is 0 Å². The number of benzene rings is 2. The Hall–Kier alpha value is -3.13. The molecular formula is C18H22N2O6. The summed E-state index contributed by atoms with van der Waals surface area (Å²) < 4.78 is 0. The van der Waals surface area contributed by atoms with E-state index in [1.807, 2.05) is 42.5 Å². The monoisotopic (exact) mass is 362 g/mol. The van der Waals surface area contributed by atoms with Gasteiger partial charge < -0.3 is 26.4 Å². The lowest BCUT2D eigenvalue weighted by Gasteiger charge is -2.12. The Balaban J connectivity index is 0.000000294. The van der Waals surface area contributed by atoms with Crippen LogP contribution in [0, 0.1) is 0 Å². The molecule has 0 fully saturated rings. The van der Waals surface area contributed by atoms with E-state index in [-0.39, 0.29) is 12.8 Å². The number of anilines is 1. The van der Waals surface area contributed by atoms with E-state index in [9.17, 15) is 14.4 Å². The molecule has 0 aliphatic carbocycles. The molecule has 2 aromatic rings. The Morgan fingerprint density at radius 1 is 1.00 bits per heavy atom. The van der Waals surface area contributed by atoms with E-state index in [0.29, 0.717) is 0 Å². The van der Waals surface area contributed by atoms with Crippen LogP contribution >= 0.6 is 0 Å². The summed E-state index contributed by atoms with van der Waals surface area (Å²) in [7, 11) is 0. The third-order valence-electron chi connectivity index (χ3n) is 3.52. The number of nitrogens with one attached hydrogen (secondary N) is 1. The van der Waals surface area contributed by atoms with E-state index < -0.39 is 30.0 Å². The summed E-state index contributed by atoms with van der Waals surface area (Å²) in [4.78, 5) is 30.6. The van der Waals surface area contributed by atoms with E-state index in [1.165, 1.54) is 0 Å². The Morgan fingerprint density at radius 2 is 1.62 bits per heavy atom. The Bertz CT molecular complexity index is 772. The molecule has 0 amide bonds. The molecule has 2 atom stereocenters. The van der Waals surface area contributed by atoms with Crippen LogP contribution in [0.5, 0.6) is 0 Å². The van der Waals surface area contributed by atoms with Crippen LogP contribution in [0.25, 0.3) is 10.8 Å². The maximum absolute atomic E-state index is 10.8. The van der Waals surface area contributed by atoms with Crippen molar-refractivity contribution in [3.05, 3.63) is 42.5 Å². The molecule has 2 aromatic carbocycles. The highest BCUT2D eigenvalue weighted by molar-refractivity contribution is 5.95. The van der Waals surface area contributed by atoms with Crippen molar-refractivity contribution in [2.75, 3.05) is 5.32 Å². The maximum Gasteiger partial charge on any atom is 0.325 e. The summed E-state index contributed by atoms with van der Waals surface area (Å²) in [5.41, 5.74) is 5.86. The van der Waals surface area contributed by atoms with Crippen LogP contribution in [0.4, 0.5) is 5.69 Å². The Kier molecular flexibility index (Phi) is 8.04. The van der Waals surface area contributed by atoms with Crippen molar-refractivity contribution in [2.45, 2.75) is 31.8 Å². The predicted molar refractivity (Wildman–Crippen MR) is 97.1 cm³/mol. The van der Waals surface area contributed by atoms with Crippen LogP contribution in [-0.2, 0) is 14.4 Å². The van der Waals surface area contributed by atoms with Gasteiger partial charge in [0.05, 0.1) is 0 Å². The number of rotatable bonds is 7. The van der Waals surface area contributed by atoms with Crippen LogP contribution in [0.1, 0.15) is 19.8 Å². The number of hydrogen-bond acceptors (Lipinski definition) is 5. The highest BCUT2D eigenvalue weighted by Crippen LogP contribution is 2.23. The molecule has 2 rings (SSSR count). The van der Waals surface area contributed by atoms with Gasteiger partial charge in [0.2, 0.25) is 0 Å². The molecule has 0 aliphatic rings. The summed E-state index contributed by atoms with van der Waals surface area (Å²) in [6.45, 7) is 1.63. The molecule has 2 unspecified atom stereocenters. The van der Waals surface area contributed by atoms with Crippen molar-refractivity contribution < 1.29 is 29.7 Å². The van der Waals surface area contributed by atoms with Crippen LogP contribution in [0.15, 0.2) is 42.5 Å². The van der Waals surface area contributed by atoms with Crippen molar-refractivity contribution in [3.63, 3.8) is 0 Å². The molecule has 0 aromatic heterocycles. The summed E-state index contributed by atoms with van der Waals surface area (Å²) >= 11 is 0. The van der Waals surface area contributed by atoms with E-state index >= 15 is 0 Å². The minimum atomic E-state index is -1.17. The summed E-state index contributed by atoms with van der Waals surface area (Å²) in [5, 5.41) is 30.3. The standard InChI is InChI=1S/C13H13NO2.C5H9NO4/c1-9(13(15)16)14-12-8-4-6-10-5-2-3-7-11(10)12;6-3(5(9)10)1-2-4(7)8/h2-9,14H,1H3,(H,15,16);3H,1-2,6H2,(H,7,8)(H,9,10). The van der Waals surface area contributed by atoms with Gasteiger partial charge in [-0.25, -0.2) is 0 Å². The highest BCUT2D eigenvalue weighted by Gasteiger charge is 2.12. The van der Waals surface area contributed by atoms with Crippen molar-refractivity contribution in [1.29, 1.82) is 0 Å². The third kappa shape index (κ3) is 6.78. The maximum atomic E-state index is 10.8. The second-order valence-corrected chi connectivity index (χ2v) is 5.61. The van der Waals surface area contributed by atoms with Gasteiger partial charge in [0.15, 0.2) is 0 Å². The number of carboxylic acid groups (broad SMARTS) is 3. The average molecular weight is 362 g/mol. The lowest BCUT2D eigenvalue weighted by atomic mass is 10.1. The number of hydrogen-bond donors (Lipinski definition) is 5. The van der Waals surface area contributed by atoms with Crippen LogP contribution < -0.4 is 11.1 Å². The molecule has 0 radical (unpaired) electrons. The molecule has 0 bridgehead atoms. The first-order valence-electron chi connectivity index (χ1n) is 7.89. The molecule has 140 valence electrons. The largest absolute Gasteiger partial charge is 0.481 e. The topological polar surface area (TPSA) is 150 Å². The quantitative estimate of drug-likeness (QED) is 0.502. The van der Waals surface area contributed by atoms with E-state index in [4.69, 9.17) is 21.1 Å². The average Bonchev–Trinajstić information content (AvgIpc) is 2.60. The molecule has 0 spiro atoms. The van der Waals surface area contributed by atoms with Gasteiger partial charge in [-0.3, -0.25) is 14.4 Å². The molecule has 8 heteroatoms. The van der Waals surface area contributed by atoms with Gasteiger partial charge >= 0.3 is 17.9 Å². The molecule has 26 heavy (non-hydrogen) atoms. The number of fused-ring (bicyclic) bond motifs is 1. The minimum Gasteiger partial charge on any atom is -0.481 e. The van der Waals surface area contributed by atoms with Crippen LogP contribution in [0.2, 0.25) is 0 Å². The number of aliphatic carboxylic acids is 3. The summed E-state index contributed by atoms with van der Waals surface area (Å²) in [6, 6.07) is 12.1. The lowest BCUT2D eigenvalue weighted by Crippen LogP contribution is -2.30. The number of nitrogens with two attached hydrogens (primary N) is 1. The molecular weight excluding hydrogens is 340 g/mol. The fourth-order valence-electron chi connectivity index (χ4n) is 2.05. The molecule has 0 saturated heterocycles. The first-order valence-corrected chi connectivity index (χ1v) is 7.89. The van der Waals surface area contributed by atoms with Crippen LogP contribution in [-0.4, -0.2) is 45.3 Å². The molecule has 6 N–H and O–H groups in total. The Labute approximate surface area is 150 Å². The minimum absolute atomic E-state index is 0.0231. The normalized spacial score (nSPS) is 12.4. The van der Waals surface area contributed by atoms with Gasteiger partial charge in [-0.05, 0) is 24.8 Å². The van der Waals surface area contributed by atoms with Crippen molar-refractivity contribution in [1.82, 2.24) is 0 Å². The molecule has 0 saturated carbocycles. The van der Waals surface area contributed by atoms with Gasteiger partial charge in [0.25, 0.3) is 0 Å². The highest BCUT2D eigenvalue weighted by atomic mass is 16.4. The smallest absolute Gasteiger partial charge is 0.325 e. The van der Waals surface area contributed by atoms with Crippen molar-refractivity contribution in [2.24, 2.45) is 5.73 Å². The number of carboxylic acids is 3. The van der Waals surface area contributed by atoms with Crippen molar-refractivity contribution in [3.8, 4) is 0 Å². The van der Waals surface area contributed by atoms with Gasteiger partial charge in [0.1, 0.15) is 12.1 Å². The number of carbonyl (C=O) groups is 3. The van der Waals surface area contributed by atoms with Gasteiger partial charge in [-0.15, -0.1) is 0 Å². The Morgan fingerprint density at radius 3 is 2.19 bits per heavy atom. The van der Waals surface area contributed by atoms with Crippen LogP contribution in [0.3, 0.4) is 0 Å². The van der Waals surface area contributed by atoms with Gasteiger partial charge in [-0.1, -0.05) is 36.4 Å². The van der Waals surface area contributed by atoms with E-state index in [1.54, 1.807) is 6.92 Å². The second-order valence-electron chi connectivity index (χ2n) is 5.61. The SMILES string of the molecule is CC(Nc1cccc2ccccc12)C(=O)O.NC(CCC(=O)O)C(=O)O. The fraction of sp³-hybridized carbons (Fsp3) is 0.278. The zero-order valence-electron chi connectivity index (χ0n) is 14.3. The predicted octanol–water partition coefficient (Wildman–Crippen LogP) is 1.99. The molecule has 8 nitrogen and oxygen atoms in total. The van der Waals surface area contributed by atoms with Crippen molar-refractivity contribution >= 4 is 34.4 Å². The third-order valence-corrected chi connectivity index (χ3v) is 3.52. The zero-order chi connectivity index (χ0) is 19.7. The molecule has 0 aliphatic heterocycles. The summed E-state index contributed by atoms with van der Waals surface area (Å²) in [5.74, 6) is -3.05. The zero-order valence-corrected chi connectivity index (χ0v) is 14.3. The van der Waals surface area contributed by atoms with E-state index in [0.717, 1.165) is 16.5 Å². The first-order chi connectivity index (χ1) is 12.2. The first kappa shape index (κ1) is 20.9. The lowest BCUT2D eigenvalue weighted by molar-refractivity contribution is -0.140. The van der Waals surface area contributed by atoms with Gasteiger partial charge in [0, 0.05) is 17.5 Å². The summed E-state index contributed by atoms with van der Waals surface area (Å²) in [6.07, 6.45) is -0.224. The second kappa shape index (κ2) is 10.00.